The van der Waals surface area contributed by atoms with Gasteiger partial charge in [-0.05, 0) is 45.1 Å². The van der Waals surface area contributed by atoms with E-state index in [9.17, 15) is 9.59 Å². The summed E-state index contributed by atoms with van der Waals surface area (Å²) in [6, 6.07) is 2.08. The fourth-order valence-electron chi connectivity index (χ4n) is 2.97. The van der Waals surface area contributed by atoms with E-state index in [2.05, 4.69) is 5.32 Å². The minimum Gasteiger partial charge on any atom is -0.444 e. The van der Waals surface area contributed by atoms with E-state index in [-0.39, 0.29) is 18.2 Å². The van der Waals surface area contributed by atoms with E-state index in [1.165, 1.54) is 4.88 Å². The van der Waals surface area contributed by atoms with E-state index in [4.69, 9.17) is 4.74 Å². The van der Waals surface area contributed by atoms with E-state index >= 15 is 0 Å². The molecule has 0 aromatic carbocycles. The number of ether oxygens (including phenoxy) is 1. The molecule has 0 unspecified atom stereocenters. The summed E-state index contributed by atoms with van der Waals surface area (Å²) in [4.78, 5) is 29.2. The summed E-state index contributed by atoms with van der Waals surface area (Å²) >= 11 is 1.67. The number of carbonyl (C=O) groups excluding carboxylic acids is 2. The third kappa shape index (κ3) is 3.60. The van der Waals surface area contributed by atoms with Crippen LogP contribution in [-0.2, 0) is 11.3 Å². The smallest absolute Gasteiger partial charge is 0.410 e. The third-order valence-electron chi connectivity index (χ3n) is 4.12. The average molecular weight is 337 g/mol. The molecule has 23 heavy (non-hydrogen) atoms. The molecule has 0 atom stereocenters. The highest BCUT2D eigenvalue weighted by atomic mass is 32.1. The number of nitrogens with zero attached hydrogens (tertiary/aromatic N) is 2. The lowest BCUT2D eigenvalue weighted by atomic mass is 10.0. The maximum atomic E-state index is 12.3. The molecule has 1 fully saturated rings. The summed E-state index contributed by atoms with van der Waals surface area (Å²) in [6.45, 7) is 7.52. The van der Waals surface area contributed by atoms with Crippen LogP contribution in [0, 0.1) is 0 Å². The van der Waals surface area contributed by atoms with Gasteiger partial charge in [-0.2, -0.15) is 0 Å². The molecular formula is C16H23N3O3S. The highest BCUT2D eigenvalue weighted by molar-refractivity contribution is 7.10. The van der Waals surface area contributed by atoms with Crippen molar-refractivity contribution in [1.82, 2.24) is 9.80 Å². The maximum Gasteiger partial charge on any atom is 0.410 e. The predicted molar refractivity (Wildman–Crippen MR) is 89.7 cm³/mol. The van der Waals surface area contributed by atoms with Gasteiger partial charge >= 0.3 is 12.1 Å². The molecule has 126 valence electrons. The zero-order valence-corrected chi connectivity index (χ0v) is 14.6. The summed E-state index contributed by atoms with van der Waals surface area (Å²) in [5.74, 6) is 0. The number of piperidine rings is 1. The lowest BCUT2D eigenvalue weighted by Crippen LogP contribution is -2.51. The van der Waals surface area contributed by atoms with Crippen LogP contribution in [0.2, 0.25) is 0 Å². The Bertz CT molecular complexity index is 600. The molecule has 1 N–H and O–H groups in total. The Morgan fingerprint density at radius 3 is 2.70 bits per heavy atom. The maximum absolute atomic E-state index is 12.3. The quantitative estimate of drug-likeness (QED) is 0.853. The van der Waals surface area contributed by atoms with E-state index in [0.717, 1.165) is 18.5 Å². The van der Waals surface area contributed by atoms with Gasteiger partial charge in [-0.3, -0.25) is 0 Å². The van der Waals surface area contributed by atoms with E-state index in [0.29, 0.717) is 19.6 Å². The van der Waals surface area contributed by atoms with Crippen LogP contribution < -0.4 is 5.32 Å². The first-order valence-corrected chi connectivity index (χ1v) is 8.83. The standard InChI is InChI=1S/C16H23N3O3S/c1-16(2,3)22-15(21)18-7-4-11(5-8-18)19-10-13-12(6-9-23-13)17-14(19)20/h6,9,11H,4-5,7-8,10H2,1-3H3,(H,17,20). The number of likely N-dealkylation sites (tertiary alicyclic amines) is 1. The van der Waals surface area contributed by atoms with E-state index < -0.39 is 5.60 Å². The second-order valence-corrected chi connectivity index (χ2v) is 8.01. The summed E-state index contributed by atoms with van der Waals surface area (Å²) in [5, 5.41) is 4.94. The lowest BCUT2D eigenvalue weighted by molar-refractivity contribution is 0.0163. The number of hydrogen-bond donors (Lipinski definition) is 1. The van der Waals surface area contributed by atoms with Crippen molar-refractivity contribution < 1.29 is 14.3 Å². The molecule has 0 radical (unpaired) electrons. The Kier molecular flexibility index (Phi) is 4.23. The molecule has 0 saturated carbocycles. The average Bonchev–Trinajstić information content (AvgIpc) is 2.92. The number of rotatable bonds is 1. The Balaban J connectivity index is 1.57. The molecule has 6 nitrogen and oxygen atoms in total. The fraction of sp³-hybridized carbons (Fsp3) is 0.625. The number of carbonyl (C=O) groups is 2. The summed E-state index contributed by atoms with van der Waals surface area (Å²) in [6.07, 6.45) is 1.31. The summed E-state index contributed by atoms with van der Waals surface area (Å²) < 4.78 is 5.41. The molecule has 2 aliphatic heterocycles. The molecule has 1 saturated heterocycles. The largest absolute Gasteiger partial charge is 0.444 e. The minimum atomic E-state index is -0.476. The molecule has 0 spiro atoms. The van der Waals surface area contributed by atoms with Gasteiger partial charge in [0.05, 0.1) is 12.2 Å². The highest BCUT2D eigenvalue weighted by Gasteiger charge is 2.34. The van der Waals surface area contributed by atoms with Crippen molar-refractivity contribution in [1.29, 1.82) is 0 Å². The number of nitrogens with one attached hydrogen (secondary N) is 1. The Labute approximate surface area is 140 Å². The molecule has 7 heteroatoms. The van der Waals surface area contributed by atoms with E-state index in [1.807, 2.05) is 37.1 Å². The van der Waals surface area contributed by atoms with Gasteiger partial charge in [-0.15, -0.1) is 11.3 Å². The second kappa shape index (κ2) is 6.03. The molecule has 0 bridgehead atoms. The van der Waals surface area contributed by atoms with Gasteiger partial charge in [-0.1, -0.05) is 0 Å². The predicted octanol–water partition coefficient (Wildman–Crippen LogP) is 3.50. The van der Waals surface area contributed by atoms with Crippen LogP contribution in [0.25, 0.3) is 0 Å². The monoisotopic (exact) mass is 337 g/mol. The number of anilines is 1. The van der Waals surface area contributed by atoms with E-state index in [1.54, 1.807) is 16.2 Å². The molecule has 1 aromatic rings. The van der Waals surface area contributed by atoms with Crippen molar-refractivity contribution in [2.45, 2.75) is 51.8 Å². The topological polar surface area (TPSA) is 61.9 Å². The van der Waals surface area contributed by atoms with Crippen molar-refractivity contribution >= 4 is 29.1 Å². The zero-order chi connectivity index (χ0) is 16.6. The van der Waals surface area contributed by atoms with Crippen LogP contribution in [0.3, 0.4) is 0 Å². The summed E-state index contributed by atoms with van der Waals surface area (Å²) in [5.41, 5.74) is 0.457. The normalized spacial score (nSPS) is 19.3. The number of urea groups is 1. The van der Waals surface area contributed by atoms with Gasteiger partial charge in [0.1, 0.15) is 5.60 Å². The lowest BCUT2D eigenvalue weighted by Gasteiger charge is -2.40. The molecule has 3 heterocycles. The minimum absolute atomic E-state index is 0.0355. The van der Waals surface area contributed by atoms with Crippen molar-refractivity contribution in [3.8, 4) is 0 Å². The first kappa shape index (κ1) is 16.1. The fourth-order valence-corrected chi connectivity index (χ4v) is 3.80. The van der Waals surface area contributed by atoms with Gasteiger partial charge in [0.2, 0.25) is 0 Å². The second-order valence-electron chi connectivity index (χ2n) is 7.01. The van der Waals surface area contributed by atoms with Crippen molar-refractivity contribution in [2.75, 3.05) is 18.4 Å². The number of fused-ring (bicyclic) bond motifs is 1. The zero-order valence-electron chi connectivity index (χ0n) is 13.8. The van der Waals surface area contributed by atoms with Crippen LogP contribution in [0.4, 0.5) is 15.3 Å². The molecular weight excluding hydrogens is 314 g/mol. The molecule has 3 amide bonds. The van der Waals surface area contributed by atoms with Gasteiger partial charge in [0.25, 0.3) is 0 Å². The van der Waals surface area contributed by atoms with Crippen molar-refractivity contribution in [3.63, 3.8) is 0 Å². The number of hydrogen-bond acceptors (Lipinski definition) is 4. The molecule has 3 rings (SSSR count). The van der Waals surface area contributed by atoms with Gasteiger partial charge in [-0.25, -0.2) is 9.59 Å². The van der Waals surface area contributed by atoms with Gasteiger partial charge in [0.15, 0.2) is 0 Å². The van der Waals surface area contributed by atoms with Crippen LogP contribution in [0.15, 0.2) is 11.4 Å². The number of amides is 3. The molecule has 0 aliphatic carbocycles. The number of thiophene rings is 1. The van der Waals surface area contributed by atoms with Crippen LogP contribution >= 0.6 is 11.3 Å². The Hall–Kier alpha value is -1.76. The van der Waals surface area contributed by atoms with Gasteiger partial charge < -0.3 is 19.9 Å². The van der Waals surface area contributed by atoms with Crippen LogP contribution in [0.5, 0.6) is 0 Å². The SMILES string of the molecule is CC(C)(C)OC(=O)N1CCC(N2Cc3sccc3NC2=O)CC1. The Morgan fingerprint density at radius 2 is 2.04 bits per heavy atom. The van der Waals surface area contributed by atoms with Crippen molar-refractivity contribution in [2.24, 2.45) is 0 Å². The van der Waals surface area contributed by atoms with Crippen LogP contribution in [0.1, 0.15) is 38.5 Å². The van der Waals surface area contributed by atoms with Gasteiger partial charge in [0, 0.05) is 24.0 Å². The Morgan fingerprint density at radius 1 is 1.35 bits per heavy atom. The third-order valence-corrected chi connectivity index (χ3v) is 5.02. The summed E-state index contributed by atoms with van der Waals surface area (Å²) in [7, 11) is 0. The highest BCUT2D eigenvalue weighted by Crippen LogP contribution is 2.31. The first-order chi connectivity index (χ1) is 10.8. The van der Waals surface area contributed by atoms with Crippen molar-refractivity contribution in [3.05, 3.63) is 16.3 Å². The first-order valence-electron chi connectivity index (χ1n) is 7.95. The molecule has 2 aliphatic rings. The molecule has 1 aromatic heterocycles. The van der Waals surface area contributed by atoms with Crippen LogP contribution in [-0.4, -0.2) is 46.7 Å².